The summed E-state index contributed by atoms with van der Waals surface area (Å²) in [6.07, 6.45) is 6.76. The standard InChI is InChI=1S/C13H30O2Si2/c1-16(2,3)14-13(15-17(4,5)6)12-10-8-7-9-11-12/h12-13H,7-11H2,1-6H3. The molecule has 0 spiro atoms. The third kappa shape index (κ3) is 6.74. The molecule has 0 bridgehead atoms. The minimum absolute atomic E-state index is 0.0774. The van der Waals surface area contributed by atoms with Gasteiger partial charge in [0.1, 0.15) is 6.29 Å². The lowest BCUT2D eigenvalue weighted by Gasteiger charge is -2.38. The summed E-state index contributed by atoms with van der Waals surface area (Å²) in [4.78, 5) is 0. The van der Waals surface area contributed by atoms with E-state index in [1.165, 1.54) is 32.1 Å². The van der Waals surface area contributed by atoms with Crippen molar-refractivity contribution in [2.45, 2.75) is 77.7 Å². The average molecular weight is 275 g/mol. The Morgan fingerprint density at radius 2 is 1.18 bits per heavy atom. The Morgan fingerprint density at radius 1 is 0.765 bits per heavy atom. The van der Waals surface area contributed by atoms with Crippen LogP contribution in [0, 0.1) is 5.92 Å². The number of rotatable bonds is 5. The summed E-state index contributed by atoms with van der Waals surface area (Å²) in [5, 5.41) is 0. The fourth-order valence-corrected chi connectivity index (χ4v) is 4.29. The van der Waals surface area contributed by atoms with Crippen LogP contribution < -0.4 is 0 Å². The van der Waals surface area contributed by atoms with Gasteiger partial charge in [-0.05, 0) is 52.1 Å². The van der Waals surface area contributed by atoms with Crippen LogP contribution in [0.5, 0.6) is 0 Å². The van der Waals surface area contributed by atoms with Gasteiger partial charge < -0.3 is 8.85 Å². The van der Waals surface area contributed by atoms with Crippen LogP contribution in [0.15, 0.2) is 0 Å². The van der Waals surface area contributed by atoms with Crippen molar-refractivity contribution < 1.29 is 8.85 Å². The second kappa shape index (κ2) is 6.00. The van der Waals surface area contributed by atoms with Crippen LogP contribution in [0.1, 0.15) is 32.1 Å². The zero-order valence-electron chi connectivity index (χ0n) is 12.5. The molecule has 1 aliphatic carbocycles. The highest BCUT2D eigenvalue weighted by Gasteiger charge is 2.33. The summed E-state index contributed by atoms with van der Waals surface area (Å²) < 4.78 is 12.6. The Hall–Kier alpha value is 0.354. The van der Waals surface area contributed by atoms with Crippen molar-refractivity contribution in [1.82, 2.24) is 0 Å². The molecule has 0 aromatic heterocycles. The summed E-state index contributed by atoms with van der Waals surface area (Å²) in [7, 11) is -3.01. The van der Waals surface area contributed by atoms with E-state index in [0.717, 1.165) is 0 Å². The van der Waals surface area contributed by atoms with Crippen molar-refractivity contribution in [3.63, 3.8) is 0 Å². The Labute approximate surface area is 109 Å². The van der Waals surface area contributed by atoms with Crippen LogP contribution in [0.2, 0.25) is 39.3 Å². The van der Waals surface area contributed by atoms with Gasteiger partial charge in [-0.2, -0.15) is 0 Å². The van der Waals surface area contributed by atoms with Gasteiger partial charge in [0.05, 0.1) is 0 Å². The van der Waals surface area contributed by atoms with Crippen molar-refractivity contribution in [1.29, 1.82) is 0 Å². The molecule has 102 valence electrons. The van der Waals surface area contributed by atoms with E-state index in [1.54, 1.807) is 0 Å². The molecular formula is C13H30O2Si2. The molecule has 2 nitrogen and oxygen atoms in total. The van der Waals surface area contributed by atoms with Crippen LogP contribution in [0.3, 0.4) is 0 Å². The minimum atomic E-state index is -1.51. The van der Waals surface area contributed by atoms with Gasteiger partial charge in [-0.1, -0.05) is 19.3 Å². The highest BCUT2D eigenvalue weighted by atomic mass is 28.4. The summed E-state index contributed by atoms with van der Waals surface area (Å²) >= 11 is 0. The molecule has 0 unspecified atom stereocenters. The first-order chi connectivity index (χ1) is 7.67. The normalized spacial score (nSPS) is 19.9. The lowest BCUT2D eigenvalue weighted by atomic mass is 9.89. The van der Waals surface area contributed by atoms with E-state index in [0.29, 0.717) is 5.92 Å². The third-order valence-electron chi connectivity index (χ3n) is 2.97. The molecule has 0 aliphatic heterocycles. The van der Waals surface area contributed by atoms with Crippen LogP contribution in [0.25, 0.3) is 0 Å². The second-order valence-electron chi connectivity index (χ2n) is 7.23. The maximum atomic E-state index is 6.30. The van der Waals surface area contributed by atoms with Crippen LogP contribution in [-0.2, 0) is 8.85 Å². The van der Waals surface area contributed by atoms with E-state index in [9.17, 15) is 0 Å². The fraction of sp³-hybridized carbons (Fsp3) is 1.00. The van der Waals surface area contributed by atoms with Crippen molar-refractivity contribution >= 4 is 16.6 Å². The van der Waals surface area contributed by atoms with Crippen molar-refractivity contribution in [2.75, 3.05) is 0 Å². The molecule has 0 amide bonds. The predicted octanol–water partition coefficient (Wildman–Crippen LogP) is 4.60. The Balaban J connectivity index is 2.63. The maximum Gasteiger partial charge on any atom is 0.187 e. The zero-order chi connectivity index (χ0) is 13.1. The summed E-state index contributed by atoms with van der Waals surface area (Å²) in [5.74, 6) is 0.641. The SMILES string of the molecule is C[Si](C)(C)OC(O[Si](C)(C)C)C1CCCCC1. The van der Waals surface area contributed by atoms with Crippen molar-refractivity contribution in [2.24, 2.45) is 5.92 Å². The quantitative estimate of drug-likeness (QED) is 0.539. The molecule has 0 heterocycles. The van der Waals surface area contributed by atoms with Crippen LogP contribution >= 0.6 is 0 Å². The molecule has 1 aliphatic rings. The lowest BCUT2D eigenvalue weighted by molar-refractivity contribution is -0.0637. The monoisotopic (exact) mass is 274 g/mol. The van der Waals surface area contributed by atoms with Crippen LogP contribution in [0.4, 0.5) is 0 Å². The molecule has 1 saturated carbocycles. The summed E-state index contributed by atoms with van der Waals surface area (Å²) in [6, 6.07) is 0. The lowest BCUT2D eigenvalue weighted by Crippen LogP contribution is -2.44. The number of hydrogen-bond donors (Lipinski definition) is 0. The number of hydrogen-bond acceptors (Lipinski definition) is 2. The molecule has 0 N–H and O–H groups in total. The largest absolute Gasteiger partial charge is 0.394 e. The van der Waals surface area contributed by atoms with Crippen LogP contribution in [-0.4, -0.2) is 22.9 Å². The van der Waals surface area contributed by atoms with Gasteiger partial charge >= 0.3 is 0 Å². The van der Waals surface area contributed by atoms with Gasteiger partial charge in [-0.15, -0.1) is 0 Å². The van der Waals surface area contributed by atoms with E-state index in [4.69, 9.17) is 8.85 Å². The smallest absolute Gasteiger partial charge is 0.187 e. The zero-order valence-corrected chi connectivity index (χ0v) is 14.5. The molecule has 4 heteroatoms. The van der Waals surface area contributed by atoms with Gasteiger partial charge in [-0.25, -0.2) is 0 Å². The first-order valence-corrected chi connectivity index (χ1v) is 13.8. The van der Waals surface area contributed by atoms with E-state index in [-0.39, 0.29) is 6.29 Å². The molecule has 0 aromatic carbocycles. The van der Waals surface area contributed by atoms with Crippen molar-refractivity contribution in [3.8, 4) is 0 Å². The predicted molar refractivity (Wildman–Crippen MR) is 79.2 cm³/mol. The third-order valence-corrected chi connectivity index (χ3v) is 4.85. The summed E-state index contributed by atoms with van der Waals surface area (Å²) in [6.45, 7) is 13.6. The van der Waals surface area contributed by atoms with Gasteiger partial charge in [-0.3, -0.25) is 0 Å². The van der Waals surface area contributed by atoms with E-state index in [2.05, 4.69) is 39.3 Å². The topological polar surface area (TPSA) is 18.5 Å². The van der Waals surface area contributed by atoms with E-state index in [1.807, 2.05) is 0 Å². The second-order valence-corrected chi connectivity index (χ2v) is 16.1. The molecule has 0 radical (unpaired) electrons. The molecule has 0 aromatic rings. The first kappa shape index (κ1) is 15.4. The fourth-order valence-electron chi connectivity index (χ4n) is 2.32. The maximum absolute atomic E-state index is 6.30. The molecule has 0 saturated heterocycles. The molecule has 0 atom stereocenters. The van der Waals surface area contributed by atoms with Gasteiger partial charge in [0.25, 0.3) is 0 Å². The Kier molecular flexibility index (Phi) is 5.44. The highest BCUT2D eigenvalue weighted by molar-refractivity contribution is 6.70. The molecular weight excluding hydrogens is 244 g/mol. The van der Waals surface area contributed by atoms with E-state index >= 15 is 0 Å². The molecule has 1 rings (SSSR count). The van der Waals surface area contributed by atoms with Gasteiger partial charge in [0, 0.05) is 5.92 Å². The highest BCUT2D eigenvalue weighted by Crippen LogP contribution is 2.31. The first-order valence-electron chi connectivity index (χ1n) is 7.03. The average Bonchev–Trinajstić information content (AvgIpc) is 2.14. The Morgan fingerprint density at radius 3 is 1.53 bits per heavy atom. The minimum Gasteiger partial charge on any atom is -0.394 e. The van der Waals surface area contributed by atoms with Gasteiger partial charge in [0.15, 0.2) is 16.6 Å². The summed E-state index contributed by atoms with van der Waals surface area (Å²) in [5.41, 5.74) is 0. The Bertz CT molecular complexity index is 209. The van der Waals surface area contributed by atoms with Gasteiger partial charge in [0.2, 0.25) is 0 Å². The van der Waals surface area contributed by atoms with Crippen molar-refractivity contribution in [3.05, 3.63) is 0 Å². The molecule has 17 heavy (non-hydrogen) atoms. The van der Waals surface area contributed by atoms with E-state index < -0.39 is 16.6 Å². The molecule has 1 fully saturated rings.